The molecule has 4 aliphatic heterocycles. The van der Waals surface area contributed by atoms with E-state index >= 15 is 8.78 Å². The van der Waals surface area contributed by atoms with Crippen LogP contribution in [0.4, 0.5) is 41.4 Å². The Morgan fingerprint density at radius 1 is 0.710 bits per heavy atom. The first kappa shape index (κ1) is 40.2. The fourth-order valence-corrected chi connectivity index (χ4v) is 9.10. The number of pyridine rings is 2. The molecule has 4 aromatic heterocycles. The minimum atomic E-state index is -1.44. The van der Waals surface area contributed by atoms with Crippen LogP contribution in [-0.2, 0) is 22.3 Å². The number of aromatic nitrogens is 6. The Morgan fingerprint density at radius 2 is 1.27 bits per heavy atom. The molecule has 0 N–H and O–H groups in total. The number of alkyl halides is 2. The van der Waals surface area contributed by atoms with Crippen molar-refractivity contribution in [1.82, 2.24) is 39.7 Å². The number of hydrogen-bond acceptors (Lipinski definition) is 14. The van der Waals surface area contributed by atoms with E-state index in [1.807, 2.05) is 52.0 Å². The molecule has 2 saturated heterocycles. The quantitative estimate of drug-likeness (QED) is 0.182. The Hall–Kier alpha value is -5.94. The molecule has 2 aliphatic carbocycles. The molecule has 2 saturated carbocycles. The second-order valence-corrected chi connectivity index (χ2v) is 17.8. The molecule has 0 bridgehead atoms. The van der Waals surface area contributed by atoms with Gasteiger partial charge in [-0.2, -0.15) is 0 Å². The smallest absolute Gasteiger partial charge is 0.410 e. The second-order valence-electron chi connectivity index (χ2n) is 17.8. The van der Waals surface area contributed by atoms with Crippen LogP contribution in [-0.4, -0.2) is 127 Å². The summed E-state index contributed by atoms with van der Waals surface area (Å²) >= 11 is 0. The number of amides is 2. The fraction of sp³-hybridized carbons (Fsp3) is 0.545. The first-order chi connectivity index (χ1) is 29.9. The van der Waals surface area contributed by atoms with Crippen molar-refractivity contribution < 1.29 is 37.3 Å². The summed E-state index contributed by atoms with van der Waals surface area (Å²) < 4.78 is 54.9. The van der Waals surface area contributed by atoms with Gasteiger partial charge in [0.1, 0.15) is 47.7 Å². The highest BCUT2D eigenvalue weighted by molar-refractivity contribution is 5.71. The Balaban J connectivity index is 0.732. The van der Waals surface area contributed by atoms with Crippen molar-refractivity contribution in [3.63, 3.8) is 0 Å². The monoisotopic (exact) mass is 852 g/mol. The number of piperidine rings is 2. The molecule has 2 amide bonds. The van der Waals surface area contributed by atoms with Gasteiger partial charge in [0.05, 0.1) is 47.0 Å². The molecule has 0 spiro atoms. The summed E-state index contributed by atoms with van der Waals surface area (Å²) in [5.74, 6) is 1.86. The lowest BCUT2D eigenvalue weighted by Crippen LogP contribution is -2.50. The zero-order valence-corrected chi connectivity index (χ0v) is 35.3. The topological polar surface area (TPSA) is 161 Å². The van der Waals surface area contributed by atoms with Gasteiger partial charge in [0.25, 0.3) is 0 Å². The Kier molecular flexibility index (Phi) is 10.0. The number of anilines is 4. The molecule has 4 aromatic rings. The zero-order valence-electron chi connectivity index (χ0n) is 35.3. The number of carbonyl (C=O) groups excluding carboxylic acids is 2. The maximum Gasteiger partial charge on any atom is 0.410 e. The van der Waals surface area contributed by atoms with Crippen LogP contribution in [0.1, 0.15) is 80.1 Å². The van der Waals surface area contributed by atoms with Crippen LogP contribution in [0.2, 0.25) is 0 Å². The number of ether oxygens (including phenoxy) is 4. The standard InChI is InChI=1S/C44H50F2N10O6/c1-25-37(55-18-9-31-33(55)6-5-15-47-31)48-23-50-39(25)60-36-12-17-54(22-29(36)46)42(58)62-44(4)20-27(44)30-7-8-34-32(52-30)10-19-56(34)38-26(2)40(51-24-49-38)59-35-11-16-53(21-28(35)45)41(57)61-43(3)13-14-43/h5-8,15,23-24,27-29,35-36H,9-14,16-22H2,1-4H3. The van der Waals surface area contributed by atoms with E-state index in [9.17, 15) is 9.59 Å². The van der Waals surface area contributed by atoms with Gasteiger partial charge in [-0.1, -0.05) is 0 Å². The van der Waals surface area contributed by atoms with E-state index in [2.05, 4.69) is 34.7 Å². The van der Waals surface area contributed by atoms with Gasteiger partial charge in [-0.3, -0.25) is 9.97 Å². The molecule has 8 heterocycles. The normalized spacial score (nSPS) is 27.0. The number of likely N-dealkylation sites (tertiary alicyclic amines) is 2. The van der Waals surface area contributed by atoms with Crippen molar-refractivity contribution in [3.05, 3.63) is 71.3 Å². The molecule has 6 aliphatic rings. The predicted molar refractivity (Wildman–Crippen MR) is 221 cm³/mol. The average Bonchev–Trinajstić information content (AvgIpc) is 4.01. The summed E-state index contributed by atoms with van der Waals surface area (Å²) in [6.07, 6.45) is 3.52. The van der Waals surface area contributed by atoms with Gasteiger partial charge in [0.15, 0.2) is 12.3 Å². The van der Waals surface area contributed by atoms with E-state index < -0.39 is 47.9 Å². The lowest BCUT2D eigenvalue weighted by Gasteiger charge is -2.35. The van der Waals surface area contributed by atoms with E-state index in [-0.39, 0.29) is 32.0 Å². The molecule has 16 nitrogen and oxygen atoms in total. The first-order valence-corrected chi connectivity index (χ1v) is 21.6. The summed E-state index contributed by atoms with van der Waals surface area (Å²) in [6.45, 7) is 9.21. The molecular formula is C44H50F2N10O6. The second kappa shape index (κ2) is 15.4. The summed E-state index contributed by atoms with van der Waals surface area (Å²) in [6, 6.07) is 7.86. The van der Waals surface area contributed by atoms with Gasteiger partial charge >= 0.3 is 12.2 Å². The van der Waals surface area contributed by atoms with Crippen LogP contribution in [0.15, 0.2) is 43.1 Å². The van der Waals surface area contributed by atoms with E-state index in [0.717, 1.165) is 54.3 Å². The van der Waals surface area contributed by atoms with Crippen molar-refractivity contribution in [1.29, 1.82) is 0 Å². The van der Waals surface area contributed by atoms with Crippen molar-refractivity contribution in [2.75, 3.05) is 49.1 Å². The van der Waals surface area contributed by atoms with Gasteiger partial charge in [0, 0.05) is 69.7 Å². The van der Waals surface area contributed by atoms with E-state index in [0.29, 0.717) is 66.9 Å². The molecule has 10 rings (SSSR count). The average molecular weight is 853 g/mol. The largest absolute Gasteiger partial charge is 0.471 e. The third kappa shape index (κ3) is 7.54. The number of rotatable bonds is 9. The molecule has 6 unspecified atom stereocenters. The van der Waals surface area contributed by atoms with Crippen LogP contribution >= 0.6 is 0 Å². The molecule has 6 atom stereocenters. The van der Waals surface area contributed by atoms with Crippen molar-refractivity contribution in [2.45, 2.75) is 114 Å². The summed E-state index contributed by atoms with van der Waals surface area (Å²) in [5.41, 5.74) is 4.79. The Labute approximate surface area is 358 Å². The van der Waals surface area contributed by atoms with Crippen molar-refractivity contribution >= 4 is 35.2 Å². The number of nitrogens with zero attached hydrogens (tertiary/aromatic N) is 10. The summed E-state index contributed by atoms with van der Waals surface area (Å²) in [4.78, 5) is 60.2. The minimum absolute atomic E-state index is 0.101. The van der Waals surface area contributed by atoms with Gasteiger partial charge in [-0.15, -0.1) is 0 Å². The van der Waals surface area contributed by atoms with Crippen molar-refractivity contribution in [3.8, 4) is 11.8 Å². The molecule has 18 heteroatoms. The fourth-order valence-electron chi connectivity index (χ4n) is 9.10. The van der Waals surface area contributed by atoms with E-state index in [1.54, 1.807) is 6.20 Å². The van der Waals surface area contributed by atoms with Crippen LogP contribution in [0.5, 0.6) is 11.8 Å². The predicted octanol–water partition coefficient (Wildman–Crippen LogP) is 6.42. The third-order valence-electron chi connectivity index (χ3n) is 13.3. The van der Waals surface area contributed by atoms with E-state index in [1.165, 1.54) is 22.5 Å². The lowest BCUT2D eigenvalue weighted by atomic mass is 10.1. The SMILES string of the molecule is Cc1c(OC2CCN(C(=O)OC3(C)CC3c3ccc4c(n3)CCN4c3ncnc(OC4CCN(C(=O)OC5(C)CC5)CC4F)c3C)CC2F)ncnc1N1CCc2ncccc21. The first-order valence-electron chi connectivity index (χ1n) is 21.6. The van der Waals surface area contributed by atoms with Crippen molar-refractivity contribution in [2.24, 2.45) is 0 Å². The highest BCUT2D eigenvalue weighted by Gasteiger charge is 2.56. The maximum atomic E-state index is 15.7. The van der Waals surface area contributed by atoms with Gasteiger partial charge in [-0.25, -0.2) is 38.3 Å². The summed E-state index contributed by atoms with van der Waals surface area (Å²) in [7, 11) is 0. The molecule has 0 radical (unpaired) electrons. The molecule has 4 fully saturated rings. The molecule has 0 aromatic carbocycles. The lowest BCUT2D eigenvalue weighted by molar-refractivity contribution is 0.000818. The highest BCUT2D eigenvalue weighted by Crippen LogP contribution is 2.54. The number of carbonyl (C=O) groups is 2. The van der Waals surface area contributed by atoms with Gasteiger partial charge < -0.3 is 38.5 Å². The Bertz CT molecular complexity index is 2410. The van der Waals surface area contributed by atoms with Crippen LogP contribution in [0.3, 0.4) is 0 Å². The highest BCUT2D eigenvalue weighted by atomic mass is 19.1. The van der Waals surface area contributed by atoms with E-state index in [4.69, 9.17) is 23.9 Å². The third-order valence-corrected chi connectivity index (χ3v) is 13.3. The molecule has 326 valence electrons. The van der Waals surface area contributed by atoms with Gasteiger partial charge in [0.2, 0.25) is 11.8 Å². The zero-order chi connectivity index (χ0) is 42.9. The number of halogens is 2. The Morgan fingerprint density at radius 3 is 1.85 bits per heavy atom. The van der Waals surface area contributed by atoms with Crippen LogP contribution < -0.4 is 19.3 Å². The number of fused-ring (bicyclic) bond motifs is 2. The maximum absolute atomic E-state index is 15.7. The minimum Gasteiger partial charge on any atom is -0.471 e. The molecular weight excluding hydrogens is 803 g/mol. The van der Waals surface area contributed by atoms with Crippen LogP contribution in [0, 0.1) is 13.8 Å². The molecule has 62 heavy (non-hydrogen) atoms. The van der Waals surface area contributed by atoms with Crippen LogP contribution in [0.25, 0.3) is 0 Å². The summed E-state index contributed by atoms with van der Waals surface area (Å²) in [5, 5.41) is 0. The van der Waals surface area contributed by atoms with Gasteiger partial charge in [-0.05, 0) is 71.2 Å². The number of hydrogen-bond donors (Lipinski definition) is 0.